The molecule has 1 aromatic carbocycles. The first-order valence-corrected chi connectivity index (χ1v) is 6.67. The average Bonchev–Trinajstić information content (AvgIpc) is 2.39. The van der Waals surface area contributed by atoms with Gasteiger partial charge in [0.2, 0.25) is 5.91 Å². The zero-order chi connectivity index (χ0) is 14.1. The largest absolute Gasteiger partial charge is 0.480 e. The van der Waals surface area contributed by atoms with Crippen LogP contribution in [0.3, 0.4) is 0 Å². The van der Waals surface area contributed by atoms with Crippen molar-refractivity contribution in [3.63, 3.8) is 0 Å². The molecule has 0 aliphatic heterocycles. The van der Waals surface area contributed by atoms with Gasteiger partial charge in [0.15, 0.2) is 0 Å². The highest BCUT2D eigenvalue weighted by Crippen LogP contribution is 2.06. The van der Waals surface area contributed by atoms with Crippen LogP contribution in [0.2, 0.25) is 0 Å². The van der Waals surface area contributed by atoms with Crippen LogP contribution >= 0.6 is 0 Å². The third-order valence-corrected chi connectivity index (χ3v) is 2.87. The van der Waals surface area contributed by atoms with Crippen LogP contribution in [0, 0.1) is 0 Å². The van der Waals surface area contributed by atoms with Gasteiger partial charge in [-0.1, -0.05) is 37.3 Å². The second-order valence-corrected chi connectivity index (χ2v) is 4.55. The summed E-state index contributed by atoms with van der Waals surface area (Å²) in [6.45, 7) is 2.25. The summed E-state index contributed by atoms with van der Waals surface area (Å²) < 4.78 is 0. The Labute approximate surface area is 114 Å². The van der Waals surface area contributed by atoms with Gasteiger partial charge in [-0.05, 0) is 24.8 Å². The van der Waals surface area contributed by atoms with Crippen molar-refractivity contribution < 1.29 is 14.7 Å². The second kappa shape index (κ2) is 8.29. The Hall–Kier alpha value is -1.84. The van der Waals surface area contributed by atoms with E-state index in [1.807, 2.05) is 37.3 Å². The van der Waals surface area contributed by atoms with Crippen molar-refractivity contribution >= 4 is 11.9 Å². The van der Waals surface area contributed by atoms with E-state index in [9.17, 15) is 9.59 Å². The summed E-state index contributed by atoms with van der Waals surface area (Å²) in [5.74, 6) is -1.02. The SMILES string of the molecule is CCCN(CC(=O)O)C(=O)CCCc1ccccc1. The number of rotatable bonds is 8. The lowest BCUT2D eigenvalue weighted by molar-refractivity contribution is -0.144. The van der Waals surface area contributed by atoms with Crippen LogP contribution in [-0.2, 0) is 16.0 Å². The molecule has 1 amide bonds. The van der Waals surface area contributed by atoms with E-state index in [-0.39, 0.29) is 12.5 Å². The summed E-state index contributed by atoms with van der Waals surface area (Å²) in [5, 5.41) is 8.77. The molecule has 0 heterocycles. The summed E-state index contributed by atoms with van der Waals surface area (Å²) in [5.41, 5.74) is 1.20. The van der Waals surface area contributed by atoms with Crippen molar-refractivity contribution in [1.29, 1.82) is 0 Å². The number of aryl methyl sites for hydroxylation is 1. The van der Waals surface area contributed by atoms with Crippen molar-refractivity contribution in [2.24, 2.45) is 0 Å². The first-order chi connectivity index (χ1) is 9.13. The Bertz CT molecular complexity index is 403. The molecule has 19 heavy (non-hydrogen) atoms. The summed E-state index contributed by atoms with van der Waals surface area (Å²) in [7, 11) is 0. The Morgan fingerprint density at radius 1 is 1.21 bits per heavy atom. The number of carboxylic acid groups (broad SMARTS) is 1. The predicted octanol–water partition coefficient (Wildman–Crippen LogP) is 2.33. The predicted molar refractivity (Wildman–Crippen MR) is 73.9 cm³/mol. The molecule has 0 aliphatic rings. The Balaban J connectivity index is 2.37. The van der Waals surface area contributed by atoms with E-state index < -0.39 is 5.97 Å². The molecule has 0 fully saturated rings. The van der Waals surface area contributed by atoms with E-state index in [0.717, 1.165) is 19.3 Å². The monoisotopic (exact) mass is 263 g/mol. The summed E-state index contributed by atoms with van der Waals surface area (Å²) in [6.07, 6.45) is 2.78. The molecule has 0 spiro atoms. The van der Waals surface area contributed by atoms with Gasteiger partial charge in [0.25, 0.3) is 0 Å². The van der Waals surface area contributed by atoms with Crippen LogP contribution in [-0.4, -0.2) is 35.0 Å². The lowest BCUT2D eigenvalue weighted by Crippen LogP contribution is -2.36. The van der Waals surface area contributed by atoms with Crippen LogP contribution < -0.4 is 0 Å². The van der Waals surface area contributed by atoms with Gasteiger partial charge >= 0.3 is 5.97 Å². The Morgan fingerprint density at radius 2 is 1.89 bits per heavy atom. The molecule has 4 nitrogen and oxygen atoms in total. The molecule has 0 unspecified atom stereocenters. The normalized spacial score (nSPS) is 10.2. The highest BCUT2D eigenvalue weighted by atomic mass is 16.4. The van der Waals surface area contributed by atoms with Crippen molar-refractivity contribution in [3.8, 4) is 0 Å². The standard InChI is InChI=1S/C15H21NO3/c1-2-11-16(12-15(18)19)14(17)10-6-9-13-7-4-3-5-8-13/h3-5,7-8H,2,6,9-12H2,1H3,(H,18,19). The first kappa shape index (κ1) is 15.2. The highest BCUT2D eigenvalue weighted by molar-refractivity contribution is 5.81. The summed E-state index contributed by atoms with van der Waals surface area (Å²) >= 11 is 0. The van der Waals surface area contributed by atoms with E-state index in [1.165, 1.54) is 10.5 Å². The van der Waals surface area contributed by atoms with Crippen LogP contribution in [0.15, 0.2) is 30.3 Å². The smallest absolute Gasteiger partial charge is 0.323 e. The van der Waals surface area contributed by atoms with Gasteiger partial charge in [-0.15, -0.1) is 0 Å². The number of hydrogen-bond donors (Lipinski definition) is 1. The quantitative estimate of drug-likeness (QED) is 0.783. The van der Waals surface area contributed by atoms with Gasteiger partial charge in [0.1, 0.15) is 6.54 Å². The molecular weight excluding hydrogens is 242 g/mol. The summed E-state index contributed by atoms with van der Waals surface area (Å²) in [6, 6.07) is 9.98. The third kappa shape index (κ3) is 6.04. The molecule has 1 aromatic rings. The maximum absolute atomic E-state index is 11.9. The van der Waals surface area contributed by atoms with Gasteiger partial charge in [0, 0.05) is 13.0 Å². The number of amides is 1. The molecule has 104 valence electrons. The van der Waals surface area contributed by atoms with Gasteiger partial charge < -0.3 is 10.0 Å². The Morgan fingerprint density at radius 3 is 2.47 bits per heavy atom. The second-order valence-electron chi connectivity index (χ2n) is 4.55. The van der Waals surface area contributed by atoms with Gasteiger partial charge in [-0.25, -0.2) is 0 Å². The molecule has 0 bridgehead atoms. The number of carbonyl (C=O) groups is 2. The number of aliphatic carboxylic acids is 1. The molecule has 0 saturated carbocycles. The number of nitrogens with zero attached hydrogens (tertiary/aromatic N) is 1. The van der Waals surface area contributed by atoms with Crippen LogP contribution in [0.1, 0.15) is 31.7 Å². The minimum atomic E-state index is -0.954. The fourth-order valence-corrected chi connectivity index (χ4v) is 1.97. The van der Waals surface area contributed by atoms with Gasteiger partial charge in [0.05, 0.1) is 0 Å². The molecular formula is C15H21NO3. The number of hydrogen-bond acceptors (Lipinski definition) is 2. The van der Waals surface area contributed by atoms with Crippen LogP contribution in [0.4, 0.5) is 0 Å². The molecule has 0 radical (unpaired) electrons. The van der Waals surface area contributed by atoms with Crippen molar-refractivity contribution in [1.82, 2.24) is 4.90 Å². The van der Waals surface area contributed by atoms with Crippen LogP contribution in [0.25, 0.3) is 0 Å². The molecule has 0 saturated heterocycles. The molecule has 0 aromatic heterocycles. The van der Waals surface area contributed by atoms with Crippen molar-refractivity contribution in [2.45, 2.75) is 32.6 Å². The highest BCUT2D eigenvalue weighted by Gasteiger charge is 2.15. The minimum absolute atomic E-state index is 0.0693. The lowest BCUT2D eigenvalue weighted by atomic mass is 10.1. The van der Waals surface area contributed by atoms with E-state index in [4.69, 9.17) is 5.11 Å². The third-order valence-electron chi connectivity index (χ3n) is 2.87. The number of carbonyl (C=O) groups excluding carboxylic acids is 1. The van der Waals surface area contributed by atoms with E-state index in [2.05, 4.69) is 0 Å². The number of carboxylic acids is 1. The molecule has 0 atom stereocenters. The zero-order valence-electron chi connectivity index (χ0n) is 11.3. The fourth-order valence-electron chi connectivity index (χ4n) is 1.97. The Kier molecular flexibility index (Phi) is 6.64. The average molecular weight is 263 g/mol. The van der Waals surface area contributed by atoms with E-state index in [1.54, 1.807) is 0 Å². The van der Waals surface area contributed by atoms with E-state index in [0.29, 0.717) is 13.0 Å². The lowest BCUT2D eigenvalue weighted by Gasteiger charge is -2.19. The van der Waals surface area contributed by atoms with Crippen LogP contribution in [0.5, 0.6) is 0 Å². The van der Waals surface area contributed by atoms with E-state index >= 15 is 0 Å². The first-order valence-electron chi connectivity index (χ1n) is 6.67. The molecule has 1 N–H and O–H groups in total. The maximum Gasteiger partial charge on any atom is 0.323 e. The molecule has 0 aliphatic carbocycles. The minimum Gasteiger partial charge on any atom is -0.480 e. The van der Waals surface area contributed by atoms with Crippen molar-refractivity contribution in [2.75, 3.05) is 13.1 Å². The summed E-state index contributed by atoms with van der Waals surface area (Å²) in [4.78, 5) is 24.0. The topological polar surface area (TPSA) is 57.6 Å². The van der Waals surface area contributed by atoms with Gasteiger partial charge in [-0.3, -0.25) is 9.59 Å². The zero-order valence-corrected chi connectivity index (χ0v) is 11.3. The number of benzene rings is 1. The fraction of sp³-hybridized carbons (Fsp3) is 0.467. The van der Waals surface area contributed by atoms with Gasteiger partial charge in [-0.2, -0.15) is 0 Å². The maximum atomic E-state index is 11.9. The molecule has 4 heteroatoms. The molecule has 1 rings (SSSR count). The van der Waals surface area contributed by atoms with Crippen molar-refractivity contribution in [3.05, 3.63) is 35.9 Å².